The van der Waals surface area contributed by atoms with Crippen molar-refractivity contribution in [2.24, 2.45) is 5.92 Å². The number of alkyl halides is 2. The van der Waals surface area contributed by atoms with E-state index in [1.54, 1.807) is 0 Å². The minimum atomic E-state index is -2.19. The second-order valence-corrected chi connectivity index (χ2v) is 5.81. The molecule has 5 heteroatoms. The molecule has 1 aliphatic carbocycles. The maximum Gasteiger partial charge on any atom is 0.407 e. The van der Waals surface area contributed by atoms with E-state index < -0.39 is 18.4 Å². The number of hydrogen-bond donors (Lipinski definition) is 1. The van der Waals surface area contributed by atoms with Crippen molar-refractivity contribution in [3.05, 3.63) is 35.4 Å². The molecule has 108 valence electrons. The lowest BCUT2D eigenvalue weighted by Gasteiger charge is -2.38. The molecule has 0 radical (unpaired) electrons. The minimum absolute atomic E-state index is 0.264. The average Bonchev–Trinajstić information content (AvgIpc) is 2.26. The van der Waals surface area contributed by atoms with Gasteiger partial charge in [-0.15, -0.1) is 0 Å². The van der Waals surface area contributed by atoms with E-state index in [2.05, 4.69) is 0 Å². The third-order valence-electron chi connectivity index (χ3n) is 4.56. The fraction of sp³-hybridized carbons (Fsp3) is 0.533. The summed E-state index contributed by atoms with van der Waals surface area (Å²) in [6.45, 7) is 1.09. The number of benzene rings is 1. The molecule has 2 fully saturated rings. The van der Waals surface area contributed by atoms with Gasteiger partial charge in [-0.3, -0.25) is 0 Å². The zero-order valence-electron chi connectivity index (χ0n) is 11.0. The largest absolute Gasteiger partial charge is 0.465 e. The Hall–Kier alpha value is -1.65. The van der Waals surface area contributed by atoms with E-state index in [9.17, 15) is 13.6 Å². The average molecular weight is 281 g/mol. The molecule has 0 unspecified atom stereocenters. The van der Waals surface area contributed by atoms with E-state index >= 15 is 0 Å². The Balaban J connectivity index is 1.55. The van der Waals surface area contributed by atoms with Crippen LogP contribution < -0.4 is 0 Å². The maximum absolute atomic E-state index is 12.4. The van der Waals surface area contributed by atoms with Gasteiger partial charge < -0.3 is 10.0 Å². The van der Waals surface area contributed by atoms with Gasteiger partial charge >= 0.3 is 6.09 Å². The van der Waals surface area contributed by atoms with Crippen LogP contribution in [-0.2, 0) is 0 Å². The smallest absolute Gasteiger partial charge is 0.407 e. The quantitative estimate of drug-likeness (QED) is 0.920. The summed E-state index contributed by atoms with van der Waals surface area (Å²) in [5, 5.41) is 8.79. The number of nitrogens with zero attached hydrogens (tertiary/aromatic N) is 1. The molecule has 3 rings (SSSR count). The molecule has 1 aromatic rings. The molecular weight excluding hydrogens is 264 g/mol. The predicted octanol–water partition coefficient (Wildman–Crippen LogP) is 3.52. The van der Waals surface area contributed by atoms with Crippen molar-refractivity contribution in [1.82, 2.24) is 4.90 Å². The first-order valence-corrected chi connectivity index (χ1v) is 6.90. The van der Waals surface area contributed by atoms with E-state index in [4.69, 9.17) is 5.11 Å². The lowest BCUT2D eigenvalue weighted by atomic mass is 9.71. The van der Waals surface area contributed by atoms with Crippen LogP contribution in [0.1, 0.15) is 35.8 Å². The Morgan fingerprint density at radius 2 is 1.60 bits per heavy atom. The van der Waals surface area contributed by atoms with Crippen LogP contribution in [0.5, 0.6) is 0 Å². The Bertz CT molecular complexity index is 491. The first-order valence-electron chi connectivity index (χ1n) is 6.90. The Labute approximate surface area is 116 Å². The van der Waals surface area contributed by atoms with Crippen LogP contribution in [0.3, 0.4) is 0 Å². The van der Waals surface area contributed by atoms with Gasteiger partial charge in [0.25, 0.3) is 0 Å². The predicted molar refractivity (Wildman–Crippen MR) is 70.2 cm³/mol. The topological polar surface area (TPSA) is 40.5 Å². The summed E-state index contributed by atoms with van der Waals surface area (Å²) in [7, 11) is 0. The number of amides is 1. The molecule has 0 bridgehead atoms. The number of carbonyl (C=O) groups is 1. The van der Waals surface area contributed by atoms with Crippen molar-refractivity contribution < 1.29 is 18.7 Å². The lowest BCUT2D eigenvalue weighted by Crippen LogP contribution is -2.47. The van der Waals surface area contributed by atoms with Crippen LogP contribution >= 0.6 is 0 Å². The molecule has 1 saturated carbocycles. The maximum atomic E-state index is 12.4. The molecule has 2 aliphatic rings. The van der Waals surface area contributed by atoms with E-state index in [1.807, 2.05) is 24.3 Å². The van der Waals surface area contributed by atoms with Crippen molar-refractivity contribution in [2.45, 2.75) is 31.1 Å². The molecule has 1 saturated heterocycles. The van der Waals surface area contributed by atoms with Crippen molar-refractivity contribution in [3.63, 3.8) is 0 Å². The highest BCUT2D eigenvalue weighted by Gasteiger charge is 2.36. The van der Waals surface area contributed by atoms with Gasteiger partial charge in [-0.1, -0.05) is 24.3 Å². The van der Waals surface area contributed by atoms with Crippen molar-refractivity contribution >= 4 is 6.09 Å². The number of carboxylic acid groups (broad SMARTS) is 1. The molecule has 0 spiro atoms. The SMILES string of the molecule is O=C(O)N1CC(c2ccc(C3CC(C(F)F)C3)cc2)C1. The Morgan fingerprint density at radius 3 is 2.05 bits per heavy atom. The van der Waals surface area contributed by atoms with E-state index in [0.29, 0.717) is 25.9 Å². The van der Waals surface area contributed by atoms with Gasteiger partial charge in [-0.2, -0.15) is 0 Å². The standard InChI is InChI=1S/C15H17F2NO2/c16-14(17)12-5-11(6-12)9-1-3-10(4-2-9)13-7-18(8-13)15(19)20/h1-4,11-14H,5-8H2,(H,19,20). The van der Waals surface area contributed by atoms with E-state index in [1.165, 1.54) is 4.90 Å². The summed E-state index contributed by atoms with van der Waals surface area (Å²) in [5.41, 5.74) is 2.26. The molecule has 1 aromatic carbocycles. The third-order valence-corrected chi connectivity index (χ3v) is 4.56. The van der Waals surface area contributed by atoms with E-state index in [0.717, 1.165) is 11.1 Å². The van der Waals surface area contributed by atoms with Crippen LogP contribution in [0.15, 0.2) is 24.3 Å². The molecule has 0 atom stereocenters. The first-order chi connectivity index (χ1) is 9.54. The molecule has 1 heterocycles. The molecule has 3 nitrogen and oxygen atoms in total. The van der Waals surface area contributed by atoms with Gasteiger partial charge in [0, 0.05) is 24.9 Å². The van der Waals surface area contributed by atoms with Gasteiger partial charge in [0.2, 0.25) is 6.43 Å². The fourth-order valence-corrected chi connectivity index (χ4v) is 3.03. The monoisotopic (exact) mass is 281 g/mol. The van der Waals surface area contributed by atoms with Crippen LogP contribution in [0.2, 0.25) is 0 Å². The van der Waals surface area contributed by atoms with Gasteiger partial charge in [0.05, 0.1) is 0 Å². The Morgan fingerprint density at radius 1 is 1.10 bits per heavy atom. The number of hydrogen-bond acceptors (Lipinski definition) is 1. The van der Waals surface area contributed by atoms with Crippen LogP contribution in [-0.4, -0.2) is 35.6 Å². The molecular formula is C15H17F2NO2. The lowest BCUT2D eigenvalue weighted by molar-refractivity contribution is 0.0226. The zero-order valence-corrected chi connectivity index (χ0v) is 11.0. The second-order valence-electron chi connectivity index (χ2n) is 5.81. The van der Waals surface area contributed by atoms with Gasteiger partial charge in [-0.25, -0.2) is 13.6 Å². The van der Waals surface area contributed by atoms with Gasteiger partial charge in [-0.05, 0) is 29.9 Å². The highest BCUT2D eigenvalue weighted by atomic mass is 19.3. The third kappa shape index (κ3) is 2.37. The highest BCUT2D eigenvalue weighted by molar-refractivity contribution is 5.66. The minimum Gasteiger partial charge on any atom is -0.465 e. The molecule has 0 aromatic heterocycles. The van der Waals surface area contributed by atoms with Gasteiger partial charge in [0.15, 0.2) is 0 Å². The summed E-state index contributed by atoms with van der Waals surface area (Å²) in [5.74, 6) is 0.103. The zero-order chi connectivity index (χ0) is 14.3. The Kier molecular flexibility index (Phi) is 3.36. The molecule has 1 N–H and O–H groups in total. The summed E-state index contributed by atoms with van der Waals surface area (Å²) >= 11 is 0. The van der Waals surface area contributed by atoms with Crippen LogP contribution in [0.4, 0.5) is 13.6 Å². The molecule has 1 amide bonds. The highest BCUT2D eigenvalue weighted by Crippen LogP contribution is 2.44. The first kappa shape index (κ1) is 13.3. The molecule has 20 heavy (non-hydrogen) atoms. The molecule has 1 aliphatic heterocycles. The van der Waals surface area contributed by atoms with Crippen LogP contribution in [0.25, 0.3) is 0 Å². The summed E-state index contributed by atoms with van der Waals surface area (Å²) < 4.78 is 24.9. The summed E-state index contributed by atoms with van der Waals surface area (Å²) in [4.78, 5) is 12.1. The summed E-state index contributed by atoms with van der Waals surface area (Å²) in [6.07, 6.45) is -1.91. The summed E-state index contributed by atoms with van der Waals surface area (Å²) in [6, 6.07) is 8.03. The number of rotatable bonds is 3. The second kappa shape index (κ2) is 5.04. The fourth-order valence-electron chi connectivity index (χ4n) is 3.03. The number of likely N-dealkylation sites (tertiary alicyclic amines) is 1. The van der Waals surface area contributed by atoms with Crippen LogP contribution in [0, 0.1) is 5.92 Å². The normalized spacial score (nSPS) is 26.2. The van der Waals surface area contributed by atoms with Crippen molar-refractivity contribution in [1.29, 1.82) is 0 Å². The van der Waals surface area contributed by atoms with Gasteiger partial charge in [0.1, 0.15) is 0 Å². The van der Waals surface area contributed by atoms with Crippen molar-refractivity contribution in [3.8, 4) is 0 Å². The van der Waals surface area contributed by atoms with Crippen molar-refractivity contribution in [2.75, 3.05) is 13.1 Å². The number of halogens is 2. The van der Waals surface area contributed by atoms with E-state index in [-0.39, 0.29) is 11.8 Å².